The molecule has 0 bridgehead atoms. The molecule has 0 aliphatic rings. The Kier molecular flexibility index (Phi) is 5.22. The Hall–Kier alpha value is -1.01. The molecule has 0 heterocycles. The second-order valence-electron chi connectivity index (χ2n) is 2.23. The highest BCUT2D eigenvalue weighted by Gasteiger charge is 1.97. The van der Waals surface area contributed by atoms with E-state index in [2.05, 4.69) is 5.92 Å². The lowest BCUT2D eigenvalue weighted by Gasteiger charge is -1.98. The Morgan fingerprint density at radius 3 is 2.73 bits per heavy atom. The monoisotopic (exact) mass is 156 g/mol. The average molecular weight is 156 g/mol. The number of rotatable bonds is 3. The number of aliphatic hydroxyl groups is 1. The lowest BCUT2D eigenvalue weighted by Crippen LogP contribution is -2.03. The van der Waals surface area contributed by atoms with E-state index < -0.39 is 12.1 Å². The van der Waals surface area contributed by atoms with Crippen LogP contribution >= 0.6 is 0 Å². The molecule has 0 amide bonds. The van der Waals surface area contributed by atoms with Crippen molar-refractivity contribution in [3.63, 3.8) is 0 Å². The maximum atomic E-state index is 9.89. The SMILES string of the molecule is CCCCC(O)C#CC(=O)O. The summed E-state index contributed by atoms with van der Waals surface area (Å²) in [7, 11) is 0. The van der Waals surface area contributed by atoms with E-state index in [-0.39, 0.29) is 0 Å². The fraction of sp³-hybridized carbons (Fsp3) is 0.625. The number of hydrogen-bond acceptors (Lipinski definition) is 2. The van der Waals surface area contributed by atoms with Gasteiger partial charge < -0.3 is 10.2 Å². The van der Waals surface area contributed by atoms with Crippen LogP contribution in [0.4, 0.5) is 0 Å². The first kappa shape index (κ1) is 9.99. The minimum Gasteiger partial charge on any atom is -0.472 e. The lowest BCUT2D eigenvalue weighted by atomic mass is 10.2. The van der Waals surface area contributed by atoms with Gasteiger partial charge in [0.05, 0.1) is 0 Å². The van der Waals surface area contributed by atoms with Gasteiger partial charge in [0, 0.05) is 5.92 Å². The molecule has 2 N–H and O–H groups in total. The Bertz CT molecular complexity index is 176. The summed E-state index contributed by atoms with van der Waals surface area (Å²) >= 11 is 0. The number of carboxylic acid groups (broad SMARTS) is 1. The summed E-state index contributed by atoms with van der Waals surface area (Å²) in [6.45, 7) is 2.00. The van der Waals surface area contributed by atoms with E-state index >= 15 is 0 Å². The zero-order chi connectivity index (χ0) is 8.69. The third-order valence-electron chi connectivity index (χ3n) is 1.18. The van der Waals surface area contributed by atoms with E-state index in [4.69, 9.17) is 10.2 Å². The molecule has 0 saturated heterocycles. The molecule has 1 unspecified atom stereocenters. The van der Waals surface area contributed by atoms with E-state index in [1.807, 2.05) is 12.8 Å². The van der Waals surface area contributed by atoms with Crippen molar-refractivity contribution in [2.75, 3.05) is 0 Å². The van der Waals surface area contributed by atoms with Gasteiger partial charge >= 0.3 is 5.97 Å². The molecule has 3 heteroatoms. The van der Waals surface area contributed by atoms with E-state index in [0.717, 1.165) is 12.8 Å². The van der Waals surface area contributed by atoms with Crippen molar-refractivity contribution in [1.29, 1.82) is 0 Å². The first-order chi connectivity index (χ1) is 5.16. The molecule has 1 atom stereocenters. The summed E-state index contributed by atoms with van der Waals surface area (Å²) in [4.78, 5) is 9.89. The van der Waals surface area contributed by atoms with Crippen molar-refractivity contribution in [2.45, 2.75) is 32.3 Å². The number of carboxylic acids is 1. The molecule has 0 aromatic rings. The zero-order valence-electron chi connectivity index (χ0n) is 6.50. The van der Waals surface area contributed by atoms with E-state index in [1.165, 1.54) is 0 Å². The quantitative estimate of drug-likeness (QED) is 0.589. The van der Waals surface area contributed by atoms with Gasteiger partial charge in [0.25, 0.3) is 0 Å². The van der Waals surface area contributed by atoms with Crippen LogP contribution in [0, 0.1) is 11.8 Å². The molecular formula is C8H12O3. The molecule has 0 radical (unpaired) electrons. The second-order valence-corrected chi connectivity index (χ2v) is 2.23. The van der Waals surface area contributed by atoms with E-state index in [1.54, 1.807) is 0 Å². The van der Waals surface area contributed by atoms with Crippen molar-refractivity contribution in [3.05, 3.63) is 0 Å². The van der Waals surface area contributed by atoms with Crippen LogP contribution in [0.1, 0.15) is 26.2 Å². The maximum absolute atomic E-state index is 9.89. The van der Waals surface area contributed by atoms with Crippen LogP contribution in [0.15, 0.2) is 0 Å². The Balaban J connectivity index is 3.61. The van der Waals surface area contributed by atoms with Crippen LogP contribution in [0.3, 0.4) is 0 Å². The summed E-state index contributed by atoms with van der Waals surface area (Å²) in [5.74, 6) is 2.90. The van der Waals surface area contributed by atoms with Gasteiger partial charge in [-0.3, -0.25) is 0 Å². The molecule has 11 heavy (non-hydrogen) atoms. The molecule has 62 valence electrons. The van der Waals surface area contributed by atoms with Gasteiger partial charge in [-0.05, 0) is 6.42 Å². The third kappa shape index (κ3) is 6.88. The minimum absolute atomic E-state index is 0.552. The summed E-state index contributed by atoms with van der Waals surface area (Å²) in [5, 5.41) is 17.1. The van der Waals surface area contributed by atoms with Crippen molar-refractivity contribution < 1.29 is 15.0 Å². The molecular weight excluding hydrogens is 144 g/mol. The maximum Gasteiger partial charge on any atom is 0.381 e. The molecule has 0 saturated carbocycles. The summed E-state index contributed by atoms with van der Waals surface area (Å²) < 4.78 is 0. The highest BCUT2D eigenvalue weighted by molar-refractivity contribution is 5.86. The van der Waals surface area contributed by atoms with Gasteiger partial charge in [0.2, 0.25) is 0 Å². The van der Waals surface area contributed by atoms with Crippen LogP contribution in [-0.4, -0.2) is 22.3 Å². The van der Waals surface area contributed by atoms with Crippen molar-refractivity contribution >= 4 is 5.97 Å². The molecule has 0 spiro atoms. The lowest BCUT2D eigenvalue weighted by molar-refractivity contribution is -0.130. The van der Waals surface area contributed by atoms with Crippen LogP contribution in [0.25, 0.3) is 0 Å². The minimum atomic E-state index is -1.19. The van der Waals surface area contributed by atoms with Crippen molar-refractivity contribution in [1.82, 2.24) is 0 Å². The van der Waals surface area contributed by atoms with Crippen molar-refractivity contribution in [3.8, 4) is 11.8 Å². The summed E-state index contributed by atoms with van der Waals surface area (Å²) in [5.41, 5.74) is 0. The van der Waals surface area contributed by atoms with Gasteiger partial charge in [-0.25, -0.2) is 4.79 Å². The second kappa shape index (κ2) is 5.75. The molecule has 0 aliphatic heterocycles. The third-order valence-corrected chi connectivity index (χ3v) is 1.18. The van der Waals surface area contributed by atoms with E-state index in [9.17, 15) is 4.79 Å². The van der Waals surface area contributed by atoms with E-state index in [0.29, 0.717) is 6.42 Å². The zero-order valence-corrected chi connectivity index (χ0v) is 6.50. The Morgan fingerprint density at radius 2 is 2.27 bits per heavy atom. The summed E-state index contributed by atoms with van der Waals surface area (Å²) in [6.07, 6.45) is 1.61. The largest absolute Gasteiger partial charge is 0.472 e. The fourth-order valence-electron chi connectivity index (χ4n) is 0.615. The fourth-order valence-corrected chi connectivity index (χ4v) is 0.615. The molecule has 0 aromatic heterocycles. The molecule has 0 fully saturated rings. The number of aliphatic hydroxyl groups excluding tert-OH is 1. The predicted molar refractivity (Wildman–Crippen MR) is 40.9 cm³/mol. The Labute approximate surface area is 66.0 Å². The smallest absolute Gasteiger partial charge is 0.381 e. The number of hydrogen-bond donors (Lipinski definition) is 2. The standard InChI is InChI=1S/C8H12O3/c1-2-3-4-7(9)5-6-8(10)11/h7,9H,2-4H2,1H3,(H,10,11). The van der Waals surface area contributed by atoms with Gasteiger partial charge in [-0.1, -0.05) is 25.7 Å². The first-order valence-electron chi connectivity index (χ1n) is 3.59. The number of unbranched alkanes of at least 4 members (excludes halogenated alkanes) is 1. The number of carbonyl (C=O) groups is 1. The molecule has 0 aromatic carbocycles. The topological polar surface area (TPSA) is 57.5 Å². The van der Waals surface area contributed by atoms with Gasteiger partial charge in [0.15, 0.2) is 0 Å². The highest BCUT2D eigenvalue weighted by Crippen LogP contribution is 1.97. The van der Waals surface area contributed by atoms with Gasteiger partial charge in [-0.15, -0.1) is 0 Å². The van der Waals surface area contributed by atoms with Crippen LogP contribution in [0.2, 0.25) is 0 Å². The first-order valence-corrected chi connectivity index (χ1v) is 3.59. The van der Waals surface area contributed by atoms with Crippen LogP contribution in [0.5, 0.6) is 0 Å². The molecule has 0 aliphatic carbocycles. The van der Waals surface area contributed by atoms with Crippen LogP contribution < -0.4 is 0 Å². The number of aliphatic carboxylic acids is 1. The van der Waals surface area contributed by atoms with Gasteiger partial charge in [-0.2, -0.15) is 0 Å². The average Bonchev–Trinajstić information content (AvgIpc) is 1.97. The highest BCUT2D eigenvalue weighted by atomic mass is 16.4. The normalized spacial score (nSPS) is 11.5. The van der Waals surface area contributed by atoms with Gasteiger partial charge in [0.1, 0.15) is 6.10 Å². The Morgan fingerprint density at radius 1 is 1.64 bits per heavy atom. The van der Waals surface area contributed by atoms with Crippen molar-refractivity contribution in [2.24, 2.45) is 0 Å². The molecule has 0 rings (SSSR count). The predicted octanol–water partition coefficient (Wildman–Crippen LogP) is 0.625. The molecule has 3 nitrogen and oxygen atoms in total. The van der Waals surface area contributed by atoms with Crippen LogP contribution in [-0.2, 0) is 4.79 Å². The summed E-state index contributed by atoms with van der Waals surface area (Å²) in [6, 6.07) is 0.